The Morgan fingerprint density at radius 1 is 1.42 bits per heavy atom. The molecule has 2 rings (SSSR count). The maximum Gasteiger partial charge on any atom is 0.247 e. The minimum Gasteiger partial charge on any atom is -0.423 e. The Labute approximate surface area is 113 Å². The number of nitrogens with one attached hydrogen (secondary N) is 1. The molecule has 1 heterocycles. The summed E-state index contributed by atoms with van der Waals surface area (Å²) in [4.78, 5) is 0. The molecular formula is C14H19N3O2. The number of aromatic nitrogens is 2. The van der Waals surface area contributed by atoms with Gasteiger partial charge in [0.1, 0.15) is 0 Å². The molecule has 0 bridgehead atoms. The summed E-state index contributed by atoms with van der Waals surface area (Å²) in [7, 11) is 1.72. The van der Waals surface area contributed by atoms with Crippen LogP contribution < -0.4 is 5.32 Å². The number of hydrogen-bond donors (Lipinski definition) is 1. The van der Waals surface area contributed by atoms with Gasteiger partial charge >= 0.3 is 0 Å². The fraction of sp³-hybridized carbons (Fsp3) is 0.429. The average molecular weight is 261 g/mol. The van der Waals surface area contributed by atoms with Crippen LogP contribution in [0, 0.1) is 6.92 Å². The maximum absolute atomic E-state index is 5.19. The van der Waals surface area contributed by atoms with E-state index in [9.17, 15) is 0 Å². The van der Waals surface area contributed by atoms with Gasteiger partial charge in [-0.25, -0.2) is 0 Å². The highest BCUT2D eigenvalue weighted by Gasteiger charge is 2.09. The number of ether oxygens (including phenoxy) is 1. The highest BCUT2D eigenvalue weighted by atomic mass is 16.5. The summed E-state index contributed by atoms with van der Waals surface area (Å²) in [6.07, 6.45) is 2.35. The van der Waals surface area contributed by atoms with E-state index in [2.05, 4.69) is 29.4 Å². The molecule has 1 aromatic heterocycles. The number of hydrogen-bond acceptors (Lipinski definition) is 5. The minimum absolute atomic E-state index is 0.318. The third-order valence-corrected chi connectivity index (χ3v) is 3.05. The number of benzene rings is 1. The van der Waals surface area contributed by atoms with Crippen LogP contribution in [0.1, 0.15) is 18.9 Å². The molecule has 5 heteroatoms. The highest BCUT2D eigenvalue weighted by Crippen LogP contribution is 2.24. The Balaban J connectivity index is 2.15. The van der Waals surface area contributed by atoms with Gasteiger partial charge in [-0.1, -0.05) is 6.92 Å². The second kappa shape index (κ2) is 6.33. The second-order valence-corrected chi connectivity index (χ2v) is 4.48. The predicted octanol–water partition coefficient (Wildman–Crippen LogP) is 2.88. The molecule has 1 atom stereocenters. The summed E-state index contributed by atoms with van der Waals surface area (Å²) in [6, 6.07) is 6.36. The fourth-order valence-electron chi connectivity index (χ4n) is 1.94. The van der Waals surface area contributed by atoms with Gasteiger partial charge in [-0.15, -0.1) is 10.2 Å². The molecule has 1 unspecified atom stereocenters. The molecule has 1 N–H and O–H groups in total. The summed E-state index contributed by atoms with van der Waals surface area (Å²) in [6.45, 7) is 4.89. The number of rotatable bonds is 6. The first-order valence-electron chi connectivity index (χ1n) is 6.37. The lowest BCUT2D eigenvalue weighted by molar-refractivity contribution is 0.184. The third kappa shape index (κ3) is 3.32. The van der Waals surface area contributed by atoms with Gasteiger partial charge in [0.2, 0.25) is 12.3 Å². The lowest BCUT2D eigenvalue weighted by Crippen LogP contribution is -2.24. The molecule has 5 nitrogen and oxygen atoms in total. The van der Waals surface area contributed by atoms with Gasteiger partial charge in [0, 0.05) is 24.4 Å². The minimum atomic E-state index is 0.318. The van der Waals surface area contributed by atoms with Crippen LogP contribution in [-0.4, -0.2) is 30.0 Å². The van der Waals surface area contributed by atoms with Crippen LogP contribution in [0.5, 0.6) is 0 Å². The summed E-state index contributed by atoms with van der Waals surface area (Å²) in [5, 5.41) is 11.1. The van der Waals surface area contributed by atoms with Gasteiger partial charge in [0.05, 0.1) is 6.61 Å². The van der Waals surface area contributed by atoms with Gasteiger partial charge in [0.15, 0.2) is 0 Å². The molecule has 0 aliphatic carbocycles. The van der Waals surface area contributed by atoms with Gasteiger partial charge in [-0.05, 0) is 37.1 Å². The molecule has 0 saturated carbocycles. The summed E-state index contributed by atoms with van der Waals surface area (Å²) >= 11 is 0. The van der Waals surface area contributed by atoms with Crippen molar-refractivity contribution in [3.8, 4) is 11.5 Å². The van der Waals surface area contributed by atoms with E-state index in [1.54, 1.807) is 7.11 Å². The van der Waals surface area contributed by atoms with E-state index in [0.29, 0.717) is 18.5 Å². The van der Waals surface area contributed by atoms with Crippen LogP contribution in [-0.2, 0) is 4.74 Å². The Morgan fingerprint density at radius 3 is 2.84 bits per heavy atom. The molecule has 2 aromatic rings. The lowest BCUT2D eigenvalue weighted by Gasteiger charge is -2.19. The Kier molecular flexibility index (Phi) is 4.52. The largest absolute Gasteiger partial charge is 0.423 e. The normalized spacial score (nSPS) is 12.4. The van der Waals surface area contributed by atoms with Crippen LogP contribution in [0.4, 0.5) is 5.69 Å². The first-order valence-corrected chi connectivity index (χ1v) is 6.37. The quantitative estimate of drug-likeness (QED) is 0.866. The standard InChI is InChI=1S/C14H19N3O2/c1-4-12(8-18-3)16-13-6-5-11(7-10(13)2)14-17-15-9-19-14/h5-7,9,12,16H,4,8H2,1-3H3. The SMILES string of the molecule is CCC(COC)Nc1ccc(-c2nnco2)cc1C. The zero-order chi connectivity index (χ0) is 13.7. The van der Waals surface area contributed by atoms with Crippen LogP contribution in [0.2, 0.25) is 0 Å². The van der Waals surface area contributed by atoms with Crippen molar-refractivity contribution >= 4 is 5.69 Å². The maximum atomic E-state index is 5.19. The Hall–Kier alpha value is -1.88. The van der Waals surface area contributed by atoms with E-state index >= 15 is 0 Å². The monoisotopic (exact) mass is 261 g/mol. The van der Waals surface area contributed by atoms with E-state index < -0.39 is 0 Å². The summed E-state index contributed by atoms with van der Waals surface area (Å²) in [5.74, 6) is 0.540. The fourth-order valence-corrected chi connectivity index (χ4v) is 1.94. The van der Waals surface area contributed by atoms with Gasteiger partial charge in [-0.2, -0.15) is 0 Å². The number of aryl methyl sites for hydroxylation is 1. The van der Waals surface area contributed by atoms with Gasteiger partial charge < -0.3 is 14.5 Å². The summed E-state index contributed by atoms with van der Waals surface area (Å²) in [5.41, 5.74) is 3.18. The van der Waals surface area contributed by atoms with Crippen LogP contribution in [0.15, 0.2) is 29.0 Å². The second-order valence-electron chi connectivity index (χ2n) is 4.48. The van der Waals surface area contributed by atoms with Crippen molar-refractivity contribution in [1.29, 1.82) is 0 Å². The van der Waals surface area contributed by atoms with Crippen molar-refractivity contribution in [2.45, 2.75) is 26.3 Å². The Morgan fingerprint density at radius 2 is 2.26 bits per heavy atom. The first kappa shape index (κ1) is 13.5. The molecule has 0 fully saturated rings. The van der Waals surface area contributed by atoms with Crippen molar-refractivity contribution < 1.29 is 9.15 Å². The smallest absolute Gasteiger partial charge is 0.247 e. The molecule has 19 heavy (non-hydrogen) atoms. The van der Waals surface area contributed by atoms with Crippen molar-refractivity contribution in [1.82, 2.24) is 10.2 Å². The first-order chi connectivity index (χ1) is 9.24. The molecule has 102 valence electrons. The average Bonchev–Trinajstić information content (AvgIpc) is 2.94. The number of anilines is 1. The topological polar surface area (TPSA) is 60.2 Å². The van der Waals surface area contributed by atoms with Crippen molar-refractivity contribution in [3.63, 3.8) is 0 Å². The molecule has 0 radical (unpaired) electrons. The lowest BCUT2D eigenvalue weighted by atomic mass is 10.1. The van der Waals surface area contributed by atoms with Crippen LogP contribution >= 0.6 is 0 Å². The van der Waals surface area contributed by atoms with Gasteiger partial charge in [0.25, 0.3) is 0 Å². The molecule has 0 aliphatic rings. The van der Waals surface area contributed by atoms with E-state index in [-0.39, 0.29) is 0 Å². The number of nitrogens with zero attached hydrogens (tertiary/aromatic N) is 2. The Bertz CT molecular complexity index is 511. The van der Waals surface area contributed by atoms with E-state index in [1.807, 2.05) is 18.2 Å². The molecule has 0 spiro atoms. The van der Waals surface area contributed by atoms with Crippen molar-refractivity contribution in [2.75, 3.05) is 19.0 Å². The predicted molar refractivity (Wildman–Crippen MR) is 74.0 cm³/mol. The van der Waals surface area contributed by atoms with E-state index in [4.69, 9.17) is 9.15 Å². The zero-order valence-electron chi connectivity index (χ0n) is 11.5. The molecule has 0 amide bonds. The zero-order valence-corrected chi connectivity index (χ0v) is 11.5. The third-order valence-electron chi connectivity index (χ3n) is 3.05. The molecular weight excluding hydrogens is 242 g/mol. The van der Waals surface area contributed by atoms with E-state index in [1.165, 1.54) is 6.39 Å². The molecule has 0 aliphatic heterocycles. The van der Waals surface area contributed by atoms with Crippen molar-refractivity contribution in [2.24, 2.45) is 0 Å². The number of methoxy groups -OCH3 is 1. The van der Waals surface area contributed by atoms with Crippen LogP contribution in [0.3, 0.4) is 0 Å². The summed E-state index contributed by atoms with van der Waals surface area (Å²) < 4.78 is 10.4. The molecule has 0 saturated heterocycles. The van der Waals surface area contributed by atoms with Gasteiger partial charge in [-0.3, -0.25) is 0 Å². The molecule has 1 aromatic carbocycles. The van der Waals surface area contributed by atoms with Crippen molar-refractivity contribution in [3.05, 3.63) is 30.2 Å². The van der Waals surface area contributed by atoms with Crippen LogP contribution in [0.25, 0.3) is 11.5 Å². The van der Waals surface area contributed by atoms with E-state index in [0.717, 1.165) is 23.2 Å². The highest BCUT2D eigenvalue weighted by molar-refractivity contribution is 5.62.